The maximum absolute atomic E-state index is 13.6. The zero-order chi connectivity index (χ0) is 32.8. The zero-order valence-corrected chi connectivity index (χ0v) is 26.9. The van der Waals surface area contributed by atoms with Crippen molar-refractivity contribution in [1.82, 2.24) is 15.1 Å². The SMILES string of the molecule is C=C1C[C@H]2C=Nc3cc(OCCCCCOc4cc5c(cc4OC)C(=O)N4CC(=C)C[C@H]4C(O)N5C4CN4)c(OC)cc3C(=O)N2C1. The van der Waals surface area contributed by atoms with Crippen LogP contribution in [0.25, 0.3) is 0 Å². The first-order valence-electron chi connectivity index (χ1n) is 16.2. The van der Waals surface area contributed by atoms with E-state index in [1.807, 2.05) is 17.2 Å². The number of hydrogen-bond acceptors (Lipinski definition) is 10. The van der Waals surface area contributed by atoms with Gasteiger partial charge in [0.15, 0.2) is 23.0 Å². The summed E-state index contributed by atoms with van der Waals surface area (Å²) in [7, 11) is 3.12. The van der Waals surface area contributed by atoms with Gasteiger partial charge in [-0.25, -0.2) is 0 Å². The van der Waals surface area contributed by atoms with Crippen molar-refractivity contribution >= 4 is 29.4 Å². The quantitative estimate of drug-likeness (QED) is 0.214. The first-order chi connectivity index (χ1) is 22.8. The Morgan fingerprint density at radius 2 is 1.47 bits per heavy atom. The van der Waals surface area contributed by atoms with Gasteiger partial charge in [0.1, 0.15) is 6.23 Å². The van der Waals surface area contributed by atoms with Crippen LogP contribution in [0.3, 0.4) is 0 Å². The van der Waals surface area contributed by atoms with E-state index in [0.29, 0.717) is 78.2 Å². The number of unbranched alkanes of at least 4 members (excludes halogenated alkanes) is 2. The number of nitrogens with one attached hydrogen (secondary N) is 1. The van der Waals surface area contributed by atoms with Gasteiger partial charge in [0.05, 0.1) is 68.2 Å². The van der Waals surface area contributed by atoms with Gasteiger partial charge in [-0.3, -0.25) is 19.9 Å². The van der Waals surface area contributed by atoms with Gasteiger partial charge in [-0.15, -0.1) is 0 Å². The highest BCUT2D eigenvalue weighted by atomic mass is 16.5. The molecule has 0 radical (unpaired) electrons. The number of aliphatic hydroxyl groups excluding tert-OH is 1. The number of methoxy groups -OCH3 is 2. The standard InChI is InChI=1S/C35H41N5O7/c1-20-10-22-16-36-25-14-30(28(44-3)12-23(25)33(41)38(22)18-20)46-8-6-5-7-9-47-31-15-26-24(13-29(31)45-4)34(42)39-19-21(2)11-27(39)35(43)40(26)32-17-37-32/h12-16,22,27,32,35,37,43H,1-2,5-11,17-19H2,3-4H3/t22-,27-,32?,35?/m0/s1. The Labute approximate surface area is 274 Å². The number of carbonyl (C=O) groups excluding carboxylic acids is 2. The lowest BCUT2D eigenvalue weighted by molar-refractivity contribution is 0.0508. The van der Waals surface area contributed by atoms with E-state index in [-0.39, 0.29) is 30.1 Å². The fourth-order valence-electron chi connectivity index (χ4n) is 6.96. The first-order valence-corrected chi connectivity index (χ1v) is 16.2. The van der Waals surface area contributed by atoms with Gasteiger partial charge >= 0.3 is 0 Å². The van der Waals surface area contributed by atoms with E-state index in [9.17, 15) is 14.7 Å². The fraction of sp³-hybridized carbons (Fsp3) is 0.457. The molecule has 5 aliphatic heterocycles. The molecule has 2 unspecified atom stereocenters. The Morgan fingerprint density at radius 1 is 0.851 bits per heavy atom. The van der Waals surface area contributed by atoms with Crippen molar-refractivity contribution in [2.24, 2.45) is 4.99 Å². The predicted octanol–water partition coefficient (Wildman–Crippen LogP) is 3.66. The highest BCUT2D eigenvalue weighted by Gasteiger charge is 2.47. The van der Waals surface area contributed by atoms with E-state index in [1.54, 1.807) is 42.2 Å². The molecule has 0 aromatic heterocycles. The van der Waals surface area contributed by atoms with Crippen LogP contribution in [-0.4, -0.2) is 104 Å². The molecule has 12 heteroatoms. The van der Waals surface area contributed by atoms with Gasteiger partial charge in [-0.1, -0.05) is 24.3 Å². The van der Waals surface area contributed by atoms with Crippen LogP contribution < -0.4 is 29.2 Å². The second-order valence-corrected chi connectivity index (χ2v) is 12.7. The molecule has 248 valence electrons. The van der Waals surface area contributed by atoms with Crippen LogP contribution in [0.5, 0.6) is 23.0 Å². The summed E-state index contributed by atoms with van der Waals surface area (Å²) in [6, 6.07) is 6.58. The number of fused-ring (bicyclic) bond motifs is 4. The number of aliphatic imine (C=N–C) groups is 1. The summed E-state index contributed by atoms with van der Waals surface area (Å²) >= 11 is 0. The molecule has 0 spiro atoms. The lowest BCUT2D eigenvalue weighted by Crippen LogP contribution is -2.50. The van der Waals surface area contributed by atoms with Gasteiger partial charge in [0.25, 0.3) is 11.8 Å². The van der Waals surface area contributed by atoms with E-state index >= 15 is 0 Å². The molecule has 5 aliphatic rings. The lowest BCUT2D eigenvalue weighted by atomic mass is 10.1. The Hall–Kier alpha value is -4.55. The number of hydrogen-bond donors (Lipinski definition) is 2. The number of benzene rings is 2. The molecule has 7 rings (SSSR count). The molecular formula is C35H41N5O7. The van der Waals surface area contributed by atoms with Crippen LogP contribution in [0.1, 0.15) is 52.8 Å². The molecule has 2 aromatic rings. The minimum absolute atomic E-state index is 0.0602. The second kappa shape index (κ2) is 12.6. The number of rotatable bonds is 11. The van der Waals surface area contributed by atoms with Crippen molar-refractivity contribution in [2.75, 3.05) is 52.0 Å². The number of anilines is 1. The van der Waals surface area contributed by atoms with E-state index in [2.05, 4.69) is 23.5 Å². The summed E-state index contributed by atoms with van der Waals surface area (Å²) < 4.78 is 23.5. The van der Waals surface area contributed by atoms with Gasteiger partial charge in [-0.2, -0.15) is 0 Å². The van der Waals surface area contributed by atoms with E-state index in [0.717, 1.165) is 43.4 Å². The number of nitrogens with zero attached hydrogens (tertiary/aromatic N) is 4. The Kier molecular flexibility index (Phi) is 8.31. The van der Waals surface area contributed by atoms with Crippen molar-refractivity contribution < 1.29 is 33.6 Å². The number of amides is 2. The topological polar surface area (TPSA) is 135 Å². The smallest absolute Gasteiger partial charge is 0.257 e. The molecule has 5 heterocycles. The molecule has 3 saturated heterocycles. The van der Waals surface area contributed by atoms with Crippen molar-refractivity contribution in [3.63, 3.8) is 0 Å². The molecule has 2 amide bonds. The average Bonchev–Trinajstić information content (AvgIpc) is 3.75. The summed E-state index contributed by atoms with van der Waals surface area (Å²) in [5.41, 5.74) is 4.13. The van der Waals surface area contributed by atoms with Gasteiger partial charge in [-0.05, 0) is 44.2 Å². The van der Waals surface area contributed by atoms with Crippen LogP contribution >= 0.6 is 0 Å². The van der Waals surface area contributed by atoms with Crippen molar-refractivity contribution in [3.8, 4) is 23.0 Å². The summed E-state index contributed by atoms with van der Waals surface area (Å²) in [5.74, 6) is 1.80. The third-order valence-corrected chi connectivity index (χ3v) is 9.45. The summed E-state index contributed by atoms with van der Waals surface area (Å²) in [4.78, 5) is 36.8. The normalized spacial score (nSPS) is 24.4. The largest absolute Gasteiger partial charge is 0.493 e. The van der Waals surface area contributed by atoms with E-state index in [1.165, 1.54) is 0 Å². The third-order valence-electron chi connectivity index (χ3n) is 9.45. The highest BCUT2D eigenvalue weighted by Crippen LogP contribution is 2.43. The minimum atomic E-state index is -0.871. The minimum Gasteiger partial charge on any atom is -0.493 e. The molecule has 2 aromatic carbocycles. The maximum atomic E-state index is 13.6. The molecule has 0 bridgehead atoms. The van der Waals surface area contributed by atoms with Crippen molar-refractivity contribution in [3.05, 3.63) is 59.7 Å². The first kappa shape index (κ1) is 31.1. The van der Waals surface area contributed by atoms with E-state index in [4.69, 9.17) is 18.9 Å². The zero-order valence-electron chi connectivity index (χ0n) is 26.9. The third kappa shape index (κ3) is 5.80. The van der Waals surface area contributed by atoms with Gasteiger partial charge in [0.2, 0.25) is 0 Å². The van der Waals surface area contributed by atoms with Crippen LogP contribution in [-0.2, 0) is 0 Å². The Morgan fingerprint density at radius 3 is 2.15 bits per heavy atom. The molecule has 47 heavy (non-hydrogen) atoms. The molecule has 2 N–H and O–H groups in total. The van der Waals surface area contributed by atoms with Crippen molar-refractivity contribution in [2.45, 2.75) is 56.6 Å². The lowest BCUT2D eigenvalue weighted by Gasteiger charge is -2.33. The van der Waals surface area contributed by atoms with Crippen LogP contribution in [0.4, 0.5) is 11.4 Å². The van der Waals surface area contributed by atoms with Gasteiger partial charge in [0, 0.05) is 38.0 Å². The average molecular weight is 644 g/mol. The Balaban J connectivity index is 0.966. The summed E-state index contributed by atoms with van der Waals surface area (Å²) in [5, 5.41) is 14.7. The van der Waals surface area contributed by atoms with Crippen LogP contribution in [0.15, 0.2) is 53.6 Å². The van der Waals surface area contributed by atoms with Crippen LogP contribution in [0, 0.1) is 0 Å². The predicted molar refractivity (Wildman–Crippen MR) is 176 cm³/mol. The number of aliphatic hydroxyl groups is 1. The van der Waals surface area contributed by atoms with E-state index < -0.39 is 6.23 Å². The van der Waals surface area contributed by atoms with Gasteiger partial charge < -0.3 is 38.8 Å². The molecule has 0 aliphatic carbocycles. The molecular weight excluding hydrogens is 602 g/mol. The number of carbonyl (C=O) groups is 2. The maximum Gasteiger partial charge on any atom is 0.257 e. The highest BCUT2D eigenvalue weighted by molar-refractivity contribution is 6.04. The summed E-state index contributed by atoms with van der Waals surface area (Å²) in [6.07, 6.45) is 4.55. The molecule has 12 nitrogen and oxygen atoms in total. The molecule has 0 saturated carbocycles. The monoisotopic (exact) mass is 643 g/mol. The summed E-state index contributed by atoms with van der Waals surface area (Å²) in [6.45, 7) is 10.7. The molecule has 4 atom stereocenters. The van der Waals surface area contributed by atoms with Crippen molar-refractivity contribution in [1.29, 1.82) is 0 Å². The fourth-order valence-corrected chi connectivity index (χ4v) is 6.96. The second-order valence-electron chi connectivity index (χ2n) is 12.7. The number of ether oxygens (including phenoxy) is 4. The van der Waals surface area contributed by atoms with Crippen LogP contribution in [0.2, 0.25) is 0 Å². The Bertz CT molecular complexity index is 1650. The molecule has 3 fully saturated rings.